The lowest BCUT2D eigenvalue weighted by Gasteiger charge is -2.18. The van der Waals surface area contributed by atoms with Gasteiger partial charge in [-0.05, 0) is 47.5 Å². The Balaban J connectivity index is 1.65. The third-order valence-electron chi connectivity index (χ3n) is 5.10. The number of hydrogen-bond acceptors (Lipinski definition) is 6. The fourth-order valence-corrected chi connectivity index (χ4v) is 4.97. The molecule has 10 heteroatoms. The topological polar surface area (TPSA) is 110 Å². The largest absolute Gasteiger partial charge is 0.345 e. The van der Waals surface area contributed by atoms with E-state index in [0.717, 1.165) is 12.8 Å². The van der Waals surface area contributed by atoms with E-state index in [1.54, 1.807) is 18.5 Å². The molecule has 1 aliphatic carbocycles. The predicted molar refractivity (Wildman–Crippen MR) is 103 cm³/mol. The first-order valence-corrected chi connectivity index (χ1v) is 11.1. The summed E-state index contributed by atoms with van der Waals surface area (Å²) in [5, 5.41) is 14.6. The van der Waals surface area contributed by atoms with E-state index in [9.17, 15) is 13.2 Å². The average Bonchev–Trinajstić information content (AvgIpc) is 3.38. The first kappa shape index (κ1) is 20.4. The Bertz CT molecular complexity index is 900. The predicted octanol–water partition coefficient (Wildman–Crippen LogP) is 1.75. The van der Waals surface area contributed by atoms with Crippen LogP contribution in [0.1, 0.15) is 61.8 Å². The number of sulfonamides is 1. The maximum atomic E-state index is 12.5. The normalized spacial score (nSPS) is 15.2. The van der Waals surface area contributed by atoms with Crippen molar-refractivity contribution in [3.63, 3.8) is 0 Å². The molecule has 0 aliphatic heterocycles. The zero-order valence-electron chi connectivity index (χ0n) is 16.2. The molecule has 0 atom stereocenters. The van der Waals surface area contributed by atoms with E-state index < -0.39 is 10.0 Å². The SMILES string of the molecule is CCN(CC)S(=O)(=O)c1ccc(C(=O)NCc2nnnn2C2CCCC2)cc1. The Morgan fingerprint density at radius 1 is 1.18 bits per heavy atom. The van der Waals surface area contributed by atoms with Crippen molar-refractivity contribution in [2.45, 2.75) is 57.0 Å². The number of tetrazole rings is 1. The maximum Gasteiger partial charge on any atom is 0.251 e. The molecule has 152 valence electrons. The lowest BCUT2D eigenvalue weighted by atomic mass is 10.2. The van der Waals surface area contributed by atoms with Gasteiger partial charge in [0.1, 0.15) is 0 Å². The van der Waals surface area contributed by atoms with Crippen molar-refractivity contribution in [1.29, 1.82) is 0 Å². The zero-order chi connectivity index (χ0) is 20.1. The summed E-state index contributed by atoms with van der Waals surface area (Å²) < 4.78 is 28.2. The summed E-state index contributed by atoms with van der Waals surface area (Å²) in [5.74, 6) is 0.328. The van der Waals surface area contributed by atoms with Gasteiger partial charge in [0, 0.05) is 18.7 Å². The molecular formula is C18H26N6O3S. The number of nitrogens with zero attached hydrogens (tertiary/aromatic N) is 5. The lowest BCUT2D eigenvalue weighted by Crippen LogP contribution is -2.30. The van der Waals surface area contributed by atoms with Crippen molar-refractivity contribution >= 4 is 15.9 Å². The summed E-state index contributed by atoms with van der Waals surface area (Å²) in [6, 6.07) is 6.26. The quantitative estimate of drug-likeness (QED) is 0.715. The standard InChI is InChI=1S/C18H26N6O3S/c1-3-23(4-2)28(26,27)16-11-9-14(10-12-16)18(25)19-13-17-20-21-22-24(17)15-7-5-6-8-15/h9-12,15H,3-8,13H2,1-2H3,(H,19,25). The van der Waals surface area contributed by atoms with E-state index in [1.807, 2.05) is 0 Å². The van der Waals surface area contributed by atoms with Gasteiger partial charge >= 0.3 is 0 Å². The highest BCUT2D eigenvalue weighted by molar-refractivity contribution is 7.89. The van der Waals surface area contributed by atoms with Crippen molar-refractivity contribution in [1.82, 2.24) is 29.8 Å². The van der Waals surface area contributed by atoms with Gasteiger partial charge < -0.3 is 5.32 Å². The Hall–Kier alpha value is -2.33. The Kier molecular flexibility index (Phi) is 6.40. The molecule has 0 unspecified atom stereocenters. The number of aromatic nitrogens is 4. The number of hydrogen-bond donors (Lipinski definition) is 1. The van der Waals surface area contributed by atoms with Crippen LogP contribution >= 0.6 is 0 Å². The number of carbonyl (C=O) groups excluding carboxylic acids is 1. The van der Waals surface area contributed by atoms with Gasteiger partial charge in [0.25, 0.3) is 5.91 Å². The van der Waals surface area contributed by atoms with Crippen LogP contribution in [0.2, 0.25) is 0 Å². The first-order chi connectivity index (χ1) is 13.5. The second kappa shape index (κ2) is 8.78. The minimum Gasteiger partial charge on any atom is -0.345 e. The molecule has 2 aromatic rings. The van der Waals surface area contributed by atoms with Crippen LogP contribution in [-0.4, -0.2) is 51.9 Å². The smallest absolute Gasteiger partial charge is 0.251 e. The van der Waals surface area contributed by atoms with Gasteiger partial charge in [-0.3, -0.25) is 4.79 Å². The van der Waals surface area contributed by atoms with Crippen LogP contribution in [0.25, 0.3) is 0 Å². The molecule has 1 saturated carbocycles. The number of benzene rings is 1. The van der Waals surface area contributed by atoms with Crippen molar-refractivity contribution < 1.29 is 13.2 Å². The van der Waals surface area contributed by atoms with Crippen molar-refractivity contribution in [2.24, 2.45) is 0 Å². The van der Waals surface area contributed by atoms with Gasteiger partial charge in [0.15, 0.2) is 5.82 Å². The van der Waals surface area contributed by atoms with Crippen LogP contribution in [0.4, 0.5) is 0 Å². The molecule has 1 N–H and O–H groups in total. The minimum absolute atomic E-state index is 0.179. The first-order valence-electron chi connectivity index (χ1n) is 9.62. The molecule has 0 bridgehead atoms. The van der Waals surface area contributed by atoms with Crippen LogP contribution in [0.5, 0.6) is 0 Å². The zero-order valence-corrected chi connectivity index (χ0v) is 17.0. The van der Waals surface area contributed by atoms with Crippen molar-refractivity contribution in [3.05, 3.63) is 35.7 Å². The van der Waals surface area contributed by atoms with E-state index >= 15 is 0 Å². The second-order valence-electron chi connectivity index (χ2n) is 6.77. The number of carbonyl (C=O) groups is 1. The van der Waals surface area contributed by atoms with E-state index in [2.05, 4.69) is 20.8 Å². The monoisotopic (exact) mass is 406 g/mol. The molecule has 0 saturated heterocycles. The molecule has 0 radical (unpaired) electrons. The lowest BCUT2D eigenvalue weighted by molar-refractivity contribution is 0.0949. The number of rotatable bonds is 8. The molecular weight excluding hydrogens is 380 g/mol. The third kappa shape index (κ3) is 4.22. The van der Waals surface area contributed by atoms with E-state index in [4.69, 9.17) is 0 Å². The van der Waals surface area contributed by atoms with E-state index in [0.29, 0.717) is 30.5 Å². The molecule has 9 nitrogen and oxygen atoms in total. The van der Waals surface area contributed by atoms with Crippen LogP contribution in [0.15, 0.2) is 29.2 Å². The highest BCUT2D eigenvalue weighted by Crippen LogP contribution is 2.29. The number of amides is 1. The van der Waals surface area contributed by atoms with Crippen LogP contribution in [0, 0.1) is 0 Å². The summed E-state index contributed by atoms with van der Waals surface area (Å²) in [6.07, 6.45) is 4.43. The second-order valence-corrected chi connectivity index (χ2v) is 8.71. The maximum absolute atomic E-state index is 12.5. The molecule has 28 heavy (non-hydrogen) atoms. The fourth-order valence-electron chi connectivity index (χ4n) is 3.51. The average molecular weight is 407 g/mol. The molecule has 1 amide bonds. The fraction of sp³-hybridized carbons (Fsp3) is 0.556. The van der Waals surface area contributed by atoms with Gasteiger partial charge in [-0.25, -0.2) is 13.1 Å². The van der Waals surface area contributed by atoms with Gasteiger partial charge in [-0.1, -0.05) is 26.7 Å². The van der Waals surface area contributed by atoms with Gasteiger partial charge in [0.05, 0.1) is 17.5 Å². The minimum atomic E-state index is -3.53. The molecule has 1 aliphatic rings. The van der Waals surface area contributed by atoms with Gasteiger partial charge in [-0.2, -0.15) is 4.31 Å². The molecule has 1 heterocycles. The molecule has 1 aromatic heterocycles. The molecule has 1 aromatic carbocycles. The Labute approximate surface area is 165 Å². The van der Waals surface area contributed by atoms with Crippen LogP contribution in [-0.2, 0) is 16.6 Å². The third-order valence-corrected chi connectivity index (χ3v) is 7.16. The van der Waals surface area contributed by atoms with E-state index in [-0.39, 0.29) is 17.3 Å². The highest BCUT2D eigenvalue weighted by atomic mass is 32.2. The van der Waals surface area contributed by atoms with E-state index in [1.165, 1.54) is 41.4 Å². The van der Waals surface area contributed by atoms with Crippen LogP contribution < -0.4 is 5.32 Å². The van der Waals surface area contributed by atoms with Crippen LogP contribution in [0.3, 0.4) is 0 Å². The highest BCUT2D eigenvalue weighted by Gasteiger charge is 2.23. The summed E-state index contributed by atoms with van der Waals surface area (Å²) in [7, 11) is -3.53. The Morgan fingerprint density at radius 2 is 1.82 bits per heavy atom. The van der Waals surface area contributed by atoms with Crippen molar-refractivity contribution in [3.8, 4) is 0 Å². The summed E-state index contributed by atoms with van der Waals surface area (Å²) in [4.78, 5) is 12.6. The van der Waals surface area contributed by atoms with Gasteiger partial charge in [0.2, 0.25) is 10.0 Å². The molecule has 1 fully saturated rings. The Morgan fingerprint density at radius 3 is 2.43 bits per heavy atom. The number of nitrogens with one attached hydrogen (secondary N) is 1. The molecule has 0 spiro atoms. The van der Waals surface area contributed by atoms with Gasteiger partial charge in [-0.15, -0.1) is 5.10 Å². The summed E-state index contributed by atoms with van der Waals surface area (Å²) in [6.45, 7) is 4.61. The summed E-state index contributed by atoms with van der Waals surface area (Å²) >= 11 is 0. The summed E-state index contributed by atoms with van der Waals surface area (Å²) in [5.41, 5.74) is 0.387. The van der Waals surface area contributed by atoms with Crippen molar-refractivity contribution in [2.75, 3.05) is 13.1 Å². The molecule has 3 rings (SSSR count).